The van der Waals surface area contributed by atoms with E-state index < -0.39 is 5.97 Å². The van der Waals surface area contributed by atoms with Crippen LogP contribution in [0.2, 0.25) is 0 Å². The molecule has 0 fully saturated rings. The van der Waals surface area contributed by atoms with Crippen molar-refractivity contribution in [1.82, 2.24) is 0 Å². The Morgan fingerprint density at radius 1 is 0.842 bits per heavy atom. The van der Waals surface area contributed by atoms with Crippen LogP contribution in [-0.2, 0) is 4.79 Å². The van der Waals surface area contributed by atoms with Crippen LogP contribution >= 0.6 is 0 Å². The summed E-state index contributed by atoms with van der Waals surface area (Å²) < 4.78 is 0. The third kappa shape index (κ3) is 11.0. The van der Waals surface area contributed by atoms with Crippen LogP contribution in [0.15, 0.2) is 0 Å². The summed E-state index contributed by atoms with van der Waals surface area (Å²) in [5.74, 6) is 1.25. The van der Waals surface area contributed by atoms with E-state index in [4.69, 9.17) is 5.11 Å². The van der Waals surface area contributed by atoms with Gasteiger partial charge >= 0.3 is 5.97 Å². The first-order chi connectivity index (χ1) is 8.99. The Morgan fingerprint density at radius 2 is 1.26 bits per heavy atom. The minimum Gasteiger partial charge on any atom is -0.481 e. The zero-order valence-corrected chi connectivity index (χ0v) is 13.5. The smallest absolute Gasteiger partial charge is 0.303 e. The molecule has 0 aliphatic rings. The molecule has 0 aromatic carbocycles. The average molecular weight is 270 g/mol. The second kappa shape index (κ2) is 11.3. The molecule has 0 aliphatic heterocycles. The Morgan fingerprint density at radius 3 is 1.58 bits per heavy atom. The summed E-state index contributed by atoms with van der Waals surface area (Å²) in [5, 5.41) is 9.02. The summed E-state index contributed by atoms with van der Waals surface area (Å²) in [4.78, 5) is 11.0. The molecule has 0 bridgehead atoms. The van der Waals surface area contributed by atoms with Gasteiger partial charge in [0.2, 0.25) is 0 Å². The second-order valence-electron chi connectivity index (χ2n) is 6.41. The number of hydrogen-bond acceptors (Lipinski definition) is 1. The van der Waals surface area contributed by atoms with Crippen LogP contribution in [0.5, 0.6) is 0 Å². The first-order valence-electron chi connectivity index (χ1n) is 8.21. The summed E-state index contributed by atoms with van der Waals surface area (Å²) >= 11 is 0. The minimum absolute atomic E-state index is 0.359. The zero-order valence-electron chi connectivity index (χ0n) is 13.5. The molecule has 0 saturated carbocycles. The van der Waals surface area contributed by atoms with Gasteiger partial charge in [0.15, 0.2) is 0 Å². The minimum atomic E-state index is -0.628. The molecular formula is C17H34O2. The first kappa shape index (κ1) is 18.5. The van der Waals surface area contributed by atoms with Crippen molar-refractivity contribution in [3.63, 3.8) is 0 Å². The van der Waals surface area contributed by atoms with E-state index >= 15 is 0 Å². The van der Waals surface area contributed by atoms with Crippen LogP contribution in [0, 0.1) is 17.8 Å². The fraction of sp³-hybridized carbons (Fsp3) is 0.941. The van der Waals surface area contributed by atoms with Gasteiger partial charge in [0.05, 0.1) is 0 Å². The van der Waals surface area contributed by atoms with E-state index in [0.29, 0.717) is 12.3 Å². The van der Waals surface area contributed by atoms with Crippen molar-refractivity contribution in [3.8, 4) is 0 Å². The molecule has 0 saturated heterocycles. The molecule has 0 rings (SSSR count). The molecule has 0 radical (unpaired) electrons. The van der Waals surface area contributed by atoms with Gasteiger partial charge in [-0.15, -0.1) is 0 Å². The van der Waals surface area contributed by atoms with E-state index in [9.17, 15) is 4.79 Å². The SMILES string of the molecule is CCCC(C)CCC(CCC(C)CCC)CC(=O)O. The maximum atomic E-state index is 11.0. The van der Waals surface area contributed by atoms with Gasteiger partial charge in [0.25, 0.3) is 0 Å². The first-order valence-corrected chi connectivity index (χ1v) is 8.21. The quantitative estimate of drug-likeness (QED) is 0.507. The van der Waals surface area contributed by atoms with Crippen molar-refractivity contribution in [3.05, 3.63) is 0 Å². The molecule has 0 amide bonds. The number of aliphatic carboxylic acids is 1. The molecule has 0 aliphatic carbocycles. The summed E-state index contributed by atoms with van der Waals surface area (Å²) in [6, 6.07) is 0. The lowest BCUT2D eigenvalue weighted by atomic mass is 9.86. The fourth-order valence-corrected chi connectivity index (χ4v) is 2.91. The molecule has 0 spiro atoms. The van der Waals surface area contributed by atoms with Crippen LogP contribution in [0.1, 0.15) is 85.5 Å². The van der Waals surface area contributed by atoms with Gasteiger partial charge in [-0.05, 0) is 30.6 Å². The highest BCUT2D eigenvalue weighted by Crippen LogP contribution is 2.25. The molecule has 0 aromatic heterocycles. The third-order valence-electron chi connectivity index (χ3n) is 4.16. The Labute approximate surface area is 120 Å². The van der Waals surface area contributed by atoms with Crippen LogP contribution in [0.3, 0.4) is 0 Å². The molecule has 2 nitrogen and oxygen atoms in total. The Bertz CT molecular complexity index is 209. The number of rotatable bonds is 12. The number of carboxylic acid groups (broad SMARTS) is 1. The lowest BCUT2D eigenvalue weighted by Crippen LogP contribution is -2.11. The highest BCUT2D eigenvalue weighted by Gasteiger charge is 2.15. The molecule has 19 heavy (non-hydrogen) atoms. The van der Waals surface area contributed by atoms with Gasteiger partial charge in [0, 0.05) is 6.42 Å². The molecule has 1 N–H and O–H groups in total. The molecular weight excluding hydrogens is 236 g/mol. The van der Waals surface area contributed by atoms with Crippen molar-refractivity contribution in [2.24, 2.45) is 17.8 Å². The van der Waals surface area contributed by atoms with Crippen LogP contribution in [-0.4, -0.2) is 11.1 Å². The average Bonchev–Trinajstić information content (AvgIpc) is 2.33. The predicted octanol–water partition coefficient (Wildman–Crippen LogP) is 5.51. The highest BCUT2D eigenvalue weighted by molar-refractivity contribution is 5.66. The molecule has 0 heterocycles. The van der Waals surface area contributed by atoms with E-state index in [0.717, 1.165) is 24.7 Å². The van der Waals surface area contributed by atoms with Gasteiger partial charge in [-0.25, -0.2) is 0 Å². The second-order valence-corrected chi connectivity index (χ2v) is 6.41. The standard InChI is InChI=1S/C17H34O2/c1-5-7-14(3)9-11-16(13-17(18)19)12-10-15(4)8-6-2/h14-16H,5-13H2,1-4H3,(H,18,19). The summed E-state index contributed by atoms with van der Waals surface area (Å²) in [7, 11) is 0. The molecule has 0 aromatic rings. The monoisotopic (exact) mass is 270 g/mol. The normalized spacial score (nSPS) is 16.0. The van der Waals surface area contributed by atoms with Crippen molar-refractivity contribution >= 4 is 5.97 Å². The van der Waals surface area contributed by atoms with Crippen LogP contribution < -0.4 is 0 Å². The van der Waals surface area contributed by atoms with Gasteiger partial charge in [-0.1, -0.05) is 66.2 Å². The summed E-state index contributed by atoms with van der Waals surface area (Å²) in [5.41, 5.74) is 0. The van der Waals surface area contributed by atoms with Gasteiger partial charge in [0.1, 0.15) is 0 Å². The van der Waals surface area contributed by atoms with E-state index in [-0.39, 0.29) is 0 Å². The number of carboxylic acids is 1. The van der Waals surface area contributed by atoms with Crippen molar-refractivity contribution in [2.45, 2.75) is 85.5 Å². The van der Waals surface area contributed by atoms with E-state index in [2.05, 4.69) is 27.7 Å². The summed E-state index contributed by atoms with van der Waals surface area (Å²) in [6.07, 6.45) is 9.92. The van der Waals surface area contributed by atoms with Gasteiger partial charge in [-0.2, -0.15) is 0 Å². The van der Waals surface area contributed by atoms with E-state index in [1.807, 2.05) is 0 Å². The van der Waals surface area contributed by atoms with Crippen LogP contribution in [0.4, 0.5) is 0 Å². The summed E-state index contributed by atoms with van der Waals surface area (Å²) in [6.45, 7) is 9.03. The maximum Gasteiger partial charge on any atom is 0.303 e. The lowest BCUT2D eigenvalue weighted by molar-refractivity contribution is -0.138. The van der Waals surface area contributed by atoms with Crippen molar-refractivity contribution < 1.29 is 9.90 Å². The van der Waals surface area contributed by atoms with E-state index in [1.165, 1.54) is 38.5 Å². The third-order valence-corrected chi connectivity index (χ3v) is 4.16. The Kier molecular flexibility index (Phi) is 11.0. The zero-order chi connectivity index (χ0) is 14.7. The van der Waals surface area contributed by atoms with Gasteiger partial charge < -0.3 is 5.11 Å². The predicted molar refractivity (Wildman–Crippen MR) is 82.4 cm³/mol. The Hall–Kier alpha value is -0.530. The molecule has 114 valence electrons. The number of hydrogen-bond donors (Lipinski definition) is 1. The lowest BCUT2D eigenvalue weighted by Gasteiger charge is -2.19. The van der Waals surface area contributed by atoms with Crippen molar-refractivity contribution in [2.75, 3.05) is 0 Å². The maximum absolute atomic E-state index is 11.0. The topological polar surface area (TPSA) is 37.3 Å². The number of carbonyl (C=O) groups is 1. The largest absolute Gasteiger partial charge is 0.481 e. The fourth-order valence-electron chi connectivity index (χ4n) is 2.91. The molecule has 2 heteroatoms. The van der Waals surface area contributed by atoms with Crippen LogP contribution in [0.25, 0.3) is 0 Å². The van der Waals surface area contributed by atoms with Gasteiger partial charge in [-0.3, -0.25) is 4.79 Å². The van der Waals surface area contributed by atoms with Crippen molar-refractivity contribution in [1.29, 1.82) is 0 Å². The highest BCUT2D eigenvalue weighted by atomic mass is 16.4. The molecule has 2 atom stereocenters. The Balaban J connectivity index is 4.04. The molecule has 2 unspecified atom stereocenters. The van der Waals surface area contributed by atoms with E-state index in [1.54, 1.807) is 0 Å².